The second-order valence-corrected chi connectivity index (χ2v) is 6.20. The van der Waals surface area contributed by atoms with Crippen molar-refractivity contribution in [2.24, 2.45) is 11.7 Å². The topological polar surface area (TPSA) is 109 Å². The number of carbonyl (C=O) groups is 3. The maximum absolute atomic E-state index is 12.2. The minimum Gasteiger partial charge on any atom is -0.454 e. The summed E-state index contributed by atoms with van der Waals surface area (Å²) in [6.07, 6.45) is 1.39. The van der Waals surface area contributed by atoms with Gasteiger partial charge in [0.25, 0.3) is 5.91 Å². The smallest absolute Gasteiger partial charge is 0.289 e. The van der Waals surface area contributed by atoms with Crippen LogP contribution in [0.2, 0.25) is 0 Å². The van der Waals surface area contributed by atoms with Crippen LogP contribution < -0.4 is 11.1 Å². The molecule has 3 N–H and O–H groups in total. The summed E-state index contributed by atoms with van der Waals surface area (Å²) in [5.41, 5.74) is 5.17. The highest BCUT2D eigenvalue weighted by atomic mass is 16.4. The number of furan rings is 1. The number of hydrogen-bond acceptors (Lipinski definition) is 5. The van der Waals surface area contributed by atoms with Crippen molar-refractivity contribution in [2.75, 3.05) is 33.7 Å². The molecule has 1 aliphatic rings. The van der Waals surface area contributed by atoms with Gasteiger partial charge in [0, 0.05) is 20.0 Å². The van der Waals surface area contributed by atoms with Crippen LogP contribution in [0.15, 0.2) is 16.5 Å². The molecule has 1 fully saturated rings. The fraction of sp³-hybridized carbons (Fsp3) is 0.562. The quantitative estimate of drug-likeness (QED) is 0.747. The lowest BCUT2D eigenvalue weighted by molar-refractivity contribution is -0.126. The largest absolute Gasteiger partial charge is 0.454 e. The molecule has 0 aliphatic carbocycles. The number of hydrogen-bond donors (Lipinski definition) is 2. The van der Waals surface area contributed by atoms with Gasteiger partial charge in [-0.2, -0.15) is 0 Å². The molecule has 2 rings (SSSR count). The fourth-order valence-corrected chi connectivity index (χ4v) is 2.70. The Morgan fingerprint density at radius 2 is 1.96 bits per heavy atom. The van der Waals surface area contributed by atoms with Crippen molar-refractivity contribution in [2.45, 2.75) is 19.4 Å². The molecule has 24 heavy (non-hydrogen) atoms. The van der Waals surface area contributed by atoms with Gasteiger partial charge in [-0.3, -0.25) is 19.3 Å². The number of rotatable bonds is 6. The zero-order chi connectivity index (χ0) is 17.7. The summed E-state index contributed by atoms with van der Waals surface area (Å²) in [5, 5.41) is 2.84. The summed E-state index contributed by atoms with van der Waals surface area (Å²) in [4.78, 5) is 38.3. The van der Waals surface area contributed by atoms with Gasteiger partial charge >= 0.3 is 0 Å². The number of carbonyl (C=O) groups excluding carboxylic acids is 3. The molecule has 8 nitrogen and oxygen atoms in total. The number of nitrogens with zero attached hydrogens (tertiary/aromatic N) is 2. The molecule has 3 amide bonds. The Morgan fingerprint density at radius 1 is 1.29 bits per heavy atom. The molecule has 2 heterocycles. The van der Waals surface area contributed by atoms with Crippen LogP contribution in [-0.4, -0.2) is 61.3 Å². The average Bonchev–Trinajstić information content (AvgIpc) is 3.00. The number of piperidine rings is 1. The fourth-order valence-electron chi connectivity index (χ4n) is 2.70. The maximum Gasteiger partial charge on any atom is 0.289 e. The SMILES string of the molecule is CN(C)C(=O)c1ccc(CNC(=O)C2CCN(CC(N)=O)CC2)o1. The van der Waals surface area contributed by atoms with E-state index in [1.54, 1.807) is 26.2 Å². The van der Waals surface area contributed by atoms with Gasteiger partial charge in [0.2, 0.25) is 11.8 Å². The number of likely N-dealkylation sites (tertiary alicyclic amines) is 1. The normalized spacial score (nSPS) is 15.9. The molecule has 1 aliphatic heterocycles. The number of primary amides is 1. The third kappa shape index (κ3) is 4.82. The Hall–Kier alpha value is -2.35. The Kier molecular flexibility index (Phi) is 5.97. The Labute approximate surface area is 140 Å². The molecule has 0 bridgehead atoms. The van der Waals surface area contributed by atoms with Crippen LogP contribution >= 0.6 is 0 Å². The molecule has 0 atom stereocenters. The molecule has 0 unspecified atom stereocenters. The molecule has 132 valence electrons. The molecule has 1 saturated heterocycles. The van der Waals surface area contributed by atoms with E-state index in [0.29, 0.717) is 31.7 Å². The number of nitrogens with one attached hydrogen (secondary N) is 1. The van der Waals surface area contributed by atoms with Crippen molar-refractivity contribution < 1.29 is 18.8 Å². The van der Waals surface area contributed by atoms with Crippen molar-refractivity contribution in [3.05, 3.63) is 23.7 Å². The van der Waals surface area contributed by atoms with E-state index in [1.807, 2.05) is 4.90 Å². The summed E-state index contributed by atoms with van der Waals surface area (Å²) in [6, 6.07) is 3.29. The molecule has 0 spiro atoms. The second kappa shape index (κ2) is 7.96. The number of nitrogens with two attached hydrogens (primary N) is 1. The van der Waals surface area contributed by atoms with Crippen molar-refractivity contribution in [3.63, 3.8) is 0 Å². The predicted molar refractivity (Wildman–Crippen MR) is 86.9 cm³/mol. The van der Waals surface area contributed by atoms with E-state index in [0.717, 1.165) is 0 Å². The maximum atomic E-state index is 12.2. The van der Waals surface area contributed by atoms with Crippen LogP contribution in [0.25, 0.3) is 0 Å². The van der Waals surface area contributed by atoms with Gasteiger partial charge in [-0.15, -0.1) is 0 Å². The van der Waals surface area contributed by atoms with Gasteiger partial charge in [-0.25, -0.2) is 0 Å². The van der Waals surface area contributed by atoms with E-state index in [4.69, 9.17) is 10.2 Å². The molecule has 0 radical (unpaired) electrons. The van der Waals surface area contributed by atoms with Gasteiger partial charge in [0.15, 0.2) is 5.76 Å². The zero-order valence-electron chi connectivity index (χ0n) is 14.1. The zero-order valence-corrected chi connectivity index (χ0v) is 14.1. The van der Waals surface area contributed by atoms with E-state index in [1.165, 1.54) is 4.90 Å². The lowest BCUT2D eigenvalue weighted by atomic mass is 9.96. The molecule has 1 aromatic heterocycles. The lowest BCUT2D eigenvalue weighted by Gasteiger charge is -2.30. The minimum atomic E-state index is -0.348. The van der Waals surface area contributed by atoms with Crippen molar-refractivity contribution >= 4 is 17.7 Å². The molecular weight excluding hydrogens is 312 g/mol. The van der Waals surface area contributed by atoms with E-state index < -0.39 is 0 Å². The highest BCUT2D eigenvalue weighted by Crippen LogP contribution is 2.17. The van der Waals surface area contributed by atoms with Gasteiger partial charge in [0.05, 0.1) is 13.1 Å². The first kappa shape index (κ1) is 18.0. The Morgan fingerprint density at radius 3 is 2.54 bits per heavy atom. The highest BCUT2D eigenvalue weighted by molar-refractivity contribution is 5.91. The molecule has 0 aromatic carbocycles. The molecule has 8 heteroatoms. The first-order chi connectivity index (χ1) is 11.4. The van der Waals surface area contributed by atoms with Crippen LogP contribution in [0.5, 0.6) is 0 Å². The van der Waals surface area contributed by atoms with Crippen LogP contribution in [-0.2, 0) is 16.1 Å². The van der Waals surface area contributed by atoms with Crippen molar-refractivity contribution in [1.82, 2.24) is 15.1 Å². The van der Waals surface area contributed by atoms with Gasteiger partial charge < -0.3 is 20.4 Å². The first-order valence-electron chi connectivity index (χ1n) is 7.95. The third-order valence-electron chi connectivity index (χ3n) is 4.05. The van der Waals surface area contributed by atoms with Crippen molar-refractivity contribution in [3.8, 4) is 0 Å². The number of amides is 3. The van der Waals surface area contributed by atoms with Gasteiger partial charge in [-0.1, -0.05) is 0 Å². The highest BCUT2D eigenvalue weighted by Gasteiger charge is 2.25. The van der Waals surface area contributed by atoms with Gasteiger partial charge in [0.1, 0.15) is 5.76 Å². The monoisotopic (exact) mass is 336 g/mol. The summed E-state index contributed by atoms with van der Waals surface area (Å²) >= 11 is 0. The molecule has 1 aromatic rings. The van der Waals surface area contributed by atoms with Crippen LogP contribution in [0, 0.1) is 5.92 Å². The Bertz CT molecular complexity index is 603. The summed E-state index contributed by atoms with van der Waals surface area (Å²) in [5.74, 6) is 0.120. The van der Waals surface area contributed by atoms with E-state index in [9.17, 15) is 14.4 Å². The van der Waals surface area contributed by atoms with E-state index >= 15 is 0 Å². The second-order valence-electron chi connectivity index (χ2n) is 6.20. The summed E-state index contributed by atoms with van der Waals surface area (Å²) < 4.78 is 5.44. The van der Waals surface area contributed by atoms with Crippen LogP contribution in [0.3, 0.4) is 0 Å². The van der Waals surface area contributed by atoms with Crippen LogP contribution in [0.1, 0.15) is 29.2 Å². The lowest BCUT2D eigenvalue weighted by Crippen LogP contribution is -2.43. The molecule has 0 saturated carbocycles. The summed E-state index contributed by atoms with van der Waals surface area (Å²) in [7, 11) is 3.30. The van der Waals surface area contributed by atoms with E-state index in [-0.39, 0.29) is 42.5 Å². The van der Waals surface area contributed by atoms with Crippen LogP contribution in [0.4, 0.5) is 0 Å². The standard InChI is InChI=1S/C16H24N4O4/c1-19(2)16(23)13-4-3-12(24-13)9-18-15(22)11-5-7-20(8-6-11)10-14(17)21/h3-4,11H,5-10H2,1-2H3,(H2,17,21)(H,18,22). The predicted octanol–water partition coefficient (Wildman–Crippen LogP) is -0.205. The van der Waals surface area contributed by atoms with Gasteiger partial charge in [-0.05, 0) is 38.1 Å². The first-order valence-corrected chi connectivity index (χ1v) is 7.95. The Balaban J connectivity index is 1.78. The molecular formula is C16H24N4O4. The van der Waals surface area contributed by atoms with E-state index in [2.05, 4.69) is 5.32 Å². The third-order valence-corrected chi connectivity index (χ3v) is 4.05. The van der Waals surface area contributed by atoms with Crippen molar-refractivity contribution in [1.29, 1.82) is 0 Å². The summed E-state index contributed by atoms with van der Waals surface area (Å²) in [6.45, 7) is 1.86. The minimum absolute atomic E-state index is 0.0365. The average molecular weight is 336 g/mol.